The van der Waals surface area contributed by atoms with Gasteiger partial charge >= 0.3 is 0 Å². The Morgan fingerprint density at radius 3 is 2.96 bits per heavy atom. The quantitative estimate of drug-likeness (QED) is 0.553. The van der Waals surface area contributed by atoms with Crippen LogP contribution in [0, 0.1) is 6.92 Å². The number of furan rings is 1. The summed E-state index contributed by atoms with van der Waals surface area (Å²) in [6.07, 6.45) is 1.77. The maximum absolute atomic E-state index is 12.0. The van der Waals surface area contributed by atoms with Gasteiger partial charge in [0.15, 0.2) is 0 Å². The molecule has 2 heterocycles. The molecule has 24 heavy (non-hydrogen) atoms. The van der Waals surface area contributed by atoms with Crippen molar-refractivity contribution in [2.75, 3.05) is 0 Å². The van der Waals surface area contributed by atoms with Crippen LogP contribution in [0.3, 0.4) is 0 Å². The van der Waals surface area contributed by atoms with Crippen molar-refractivity contribution in [1.29, 1.82) is 0 Å². The summed E-state index contributed by atoms with van der Waals surface area (Å²) < 4.78 is 5.30. The zero-order valence-electron chi connectivity index (χ0n) is 13.1. The average molecular weight is 324 g/mol. The second-order valence-electron chi connectivity index (χ2n) is 5.27. The molecule has 0 spiro atoms. The van der Waals surface area contributed by atoms with Gasteiger partial charge < -0.3 is 9.40 Å². The van der Waals surface area contributed by atoms with E-state index in [2.05, 4.69) is 20.5 Å². The van der Waals surface area contributed by atoms with Gasteiger partial charge in [-0.3, -0.25) is 9.59 Å². The van der Waals surface area contributed by atoms with Crippen molar-refractivity contribution in [3.8, 4) is 0 Å². The number of fused-ring (bicyclic) bond motifs is 1. The third kappa shape index (κ3) is 3.75. The summed E-state index contributed by atoms with van der Waals surface area (Å²) in [4.78, 5) is 30.8. The van der Waals surface area contributed by atoms with Crippen LogP contribution in [0.15, 0.2) is 50.7 Å². The number of hydrogen-bond donors (Lipinski definition) is 2. The lowest BCUT2D eigenvalue weighted by atomic mass is 10.2. The van der Waals surface area contributed by atoms with E-state index in [4.69, 9.17) is 4.42 Å². The number of nitrogens with one attached hydrogen (secondary N) is 2. The third-order valence-corrected chi connectivity index (χ3v) is 3.40. The van der Waals surface area contributed by atoms with E-state index in [0.29, 0.717) is 22.5 Å². The Morgan fingerprint density at radius 2 is 2.17 bits per heavy atom. The molecule has 0 unspecified atom stereocenters. The lowest BCUT2D eigenvalue weighted by Gasteiger charge is -2.02. The number of aromatic nitrogens is 2. The number of benzene rings is 1. The van der Waals surface area contributed by atoms with Crippen LogP contribution >= 0.6 is 0 Å². The van der Waals surface area contributed by atoms with Gasteiger partial charge in [-0.25, -0.2) is 10.4 Å². The second-order valence-corrected chi connectivity index (χ2v) is 5.27. The number of aryl methyl sites for hydroxylation is 2. The highest BCUT2D eigenvalue weighted by Crippen LogP contribution is 2.07. The maximum atomic E-state index is 12.0. The van der Waals surface area contributed by atoms with E-state index in [9.17, 15) is 9.59 Å². The van der Waals surface area contributed by atoms with Gasteiger partial charge in [0.05, 0.1) is 17.2 Å². The molecule has 0 aliphatic carbocycles. The zero-order valence-corrected chi connectivity index (χ0v) is 13.1. The molecule has 0 aliphatic heterocycles. The van der Waals surface area contributed by atoms with Gasteiger partial charge in [0.1, 0.15) is 17.2 Å². The maximum Gasteiger partial charge on any atom is 0.270 e. The number of para-hydroxylation sites is 2. The minimum absolute atomic E-state index is 0.114. The van der Waals surface area contributed by atoms with Gasteiger partial charge in [0.25, 0.3) is 5.56 Å². The summed E-state index contributed by atoms with van der Waals surface area (Å²) in [5, 5.41) is 3.81. The molecule has 0 radical (unpaired) electrons. The van der Waals surface area contributed by atoms with Crippen LogP contribution in [0.2, 0.25) is 0 Å². The Labute approximate surface area is 137 Å². The molecule has 122 valence electrons. The number of carbonyl (C=O) groups is 1. The highest BCUT2D eigenvalue weighted by atomic mass is 16.3. The normalized spacial score (nSPS) is 11.2. The standard InChI is InChI=1S/C17H16N4O3/c1-11-6-7-12(24-11)10-18-21-16(22)9-8-15-17(23)20-14-5-3-2-4-13(14)19-15/h2-7,10H,8-9H2,1H3,(H,20,23)(H,21,22)/b18-10-. The van der Waals surface area contributed by atoms with Crippen molar-refractivity contribution in [3.63, 3.8) is 0 Å². The summed E-state index contributed by atoms with van der Waals surface area (Å²) in [5.74, 6) is 1.02. The summed E-state index contributed by atoms with van der Waals surface area (Å²) in [5.41, 5.74) is 3.81. The van der Waals surface area contributed by atoms with Crippen LogP contribution in [0.5, 0.6) is 0 Å². The monoisotopic (exact) mass is 324 g/mol. The number of hydrogen-bond acceptors (Lipinski definition) is 5. The van der Waals surface area contributed by atoms with Crippen LogP contribution in [-0.2, 0) is 11.2 Å². The number of aromatic amines is 1. The molecule has 1 aromatic carbocycles. The number of rotatable bonds is 5. The van der Waals surface area contributed by atoms with E-state index in [1.165, 1.54) is 6.21 Å². The van der Waals surface area contributed by atoms with Crippen molar-refractivity contribution in [2.24, 2.45) is 5.10 Å². The van der Waals surface area contributed by atoms with E-state index in [1.54, 1.807) is 18.2 Å². The fraction of sp³-hybridized carbons (Fsp3) is 0.176. The van der Waals surface area contributed by atoms with Crippen LogP contribution in [0.25, 0.3) is 11.0 Å². The van der Waals surface area contributed by atoms with Crippen molar-refractivity contribution >= 4 is 23.2 Å². The molecule has 3 rings (SSSR count). The van der Waals surface area contributed by atoms with E-state index >= 15 is 0 Å². The van der Waals surface area contributed by atoms with Crippen LogP contribution in [0.4, 0.5) is 0 Å². The molecular formula is C17H16N4O3. The SMILES string of the molecule is Cc1ccc(/C=N\NC(=O)CCc2nc3ccccc3[nH]c2=O)o1. The number of hydrazone groups is 1. The van der Waals surface area contributed by atoms with Gasteiger partial charge in [-0.2, -0.15) is 5.10 Å². The highest BCUT2D eigenvalue weighted by Gasteiger charge is 2.07. The van der Waals surface area contributed by atoms with Gasteiger partial charge in [0, 0.05) is 12.8 Å². The van der Waals surface area contributed by atoms with E-state index < -0.39 is 0 Å². The van der Waals surface area contributed by atoms with E-state index in [1.807, 2.05) is 25.1 Å². The summed E-state index contributed by atoms with van der Waals surface area (Å²) >= 11 is 0. The molecule has 0 aliphatic rings. The molecule has 2 aromatic heterocycles. The van der Waals surface area contributed by atoms with Crippen molar-refractivity contribution in [3.05, 3.63) is 64.0 Å². The third-order valence-electron chi connectivity index (χ3n) is 3.40. The number of nitrogens with zero attached hydrogens (tertiary/aromatic N) is 2. The van der Waals surface area contributed by atoms with E-state index in [-0.39, 0.29) is 24.3 Å². The Morgan fingerprint density at radius 1 is 1.33 bits per heavy atom. The molecule has 0 fully saturated rings. The highest BCUT2D eigenvalue weighted by molar-refractivity contribution is 5.80. The molecule has 7 nitrogen and oxygen atoms in total. The lowest BCUT2D eigenvalue weighted by molar-refractivity contribution is -0.121. The predicted molar refractivity (Wildman–Crippen MR) is 89.9 cm³/mol. The first-order valence-electron chi connectivity index (χ1n) is 7.48. The fourth-order valence-corrected chi connectivity index (χ4v) is 2.22. The molecule has 1 amide bonds. The molecular weight excluding hydrogens is 308 g/mol. The predicted octanol–water partition coefficient (Wildman–Crippen LogP) is 1.91. The molecule has 2 N–H and O–H groups in total. The van der Waals surface area contributed by atoms with Crippen molar-refractivity contribution < 1.29 is 9.21 Å². The van der Waals surface area contributed by atoms with E-state index in [0.717, 1.165) is 5.76 Å². The smallest absolute Gasteiger partial charge is 0.270 e. The van der Waals surface area contributed by atoms with Crippen molar-refractivity contribution in [2.45, 2.75) is 19.8 Å². The first-order chi connectivity index (χ1) is 11.6. The summed E-state index contributed by atoms with van der Waals surface area (Å²) in [7, 11) is 0. The Hall–Kier alpha value is -3.22. The number of carbonyl (C=O) groups excluding carboxylic acids is 1. The summed E-state index contributed by atoms with van der Waals surface area (Å²) in [6, 6.07) is 10.8. The Kier molecular flexibility index (Phi) is 4.51. The lowest BCUT2D eigenvalue weighted by Crippen LogP contribution is -2.21. The summed E-state index contributed by atoms with van der Waals surface area (Å²) in [6.45, 7) is 1.82. The molecule has 0 saturated carbocycles. The Bertz CT molecular complexity index is 956. The van der Waals surface area contributed by atoms with Gasteiger partial charge in [0.2, 0.25) is 5.91 Å². The van der Waals surface area contributed by atoms with Crippen molar-refractivity contribution in [1.82, 2.24) is 15.4 Å². The largest absolute Gasteiger partial charge is 0.460 e. The minimum Gasteiger partial charge on any atom is -0.460 e. The number of H-pyrrole nitrogens is 1. The molecule has 7 heteroatoms. The minimum atomic E-state index is -0.302. The zero-order chi connectivity index (χ0) is 16.9. The van der Waals surface area contributed by atoms with Crippen LogP contribution < -0.4 is 11.0 Å². The van der Waals surface area contributed by atoms with Gasteiger partial charge in [-0.15, -0.1) is 0 Å². The van der Waals surface area contributed by atoms with Gasteiger partial charge in [-0.1, -0.05) is 12.1 Å². The average Bonchev–Trinajstić information content (AvgIpc) is 2.98. The van der Waals surface area contributed by atoms with Gasteiger partial charge in [-0.05, 0) is 31.2 Å². The molecule has 0 atom stereocenters. The molecule has 0 saturated heterocycles. The molecule has 0 bridgehead atoms. The molecule has 3 aromatic rings. The number of amides is 1. The van der Waals surface area contributed by atoms with Crippen LogP contribution in [0.1, 0.15) is 23.6 Å². The fourth-order valence-electron chi connectivity index (χ4n) is 2.22. The Balaban J connectivity index is 1.59. The topological polar surface area (TPSA) is 100 Å². The van der Waals surface area contributed by atoms with Crippen LogP contribution in [-0.4, -0.2) is 22.1 Å². The first-order valence-corrected chi connectivity index (χ1v) is 7.48. The second kappa shape index (κ2) is 6.91. The first kappa shape index (κ1) is 15.7.